The molecule has 0 saturated carbocycles. The number of aromatic nitrogens is 1. The van der Waals surface area contributed by atoms with Gasteiger partial charge in [-0.05, 0) is 25.3 Å². The first-order valence-corrected chi connectivity index (χ1v) is 7.14. The Morgan fingerprint density at radius 3 is 2.73 bits per heavy atom. The van der Waals surface area contributed by atoms with Gasteiger partial charge in [0.25, 0.3) is 0 Å². The quantitative estimate of drug-likeness (QED) is 0.622. The highest BCUT2D eigenvalue weighted by Gasteiger charge is 2.40. The van der Waals surface area contributed by atoms with Crippen LogP contribution >= 0.6 is 0 Å². The molecule has 1 aromatic heterocycles. The molecule has 0 spiro atoms. The summed E-state index contributed by atoms with van der Waals surface area (Å²) in [6.45, 7) is 1.20. The summed E-state index contributed by atoms with van der Waals surface area (Å²) in [5, 5.41) is 20.1. The summed E-state index contributed by atoms with van der Waals surface area (Å²) in [6, 6.07) is 2.89. The van der Waals surface area contributed by atoms with Crippen LogP contribution < -0.4 is 10.6 Å². The van der Waals surface area contributed by atoms with Crippen molar-refractivity contribution in [2.24, 2.45) is 0 Å². The molecule has 3 heterocycles. The van der Waals surface area contributed by atoms with Crippen molar-refractivity contribution >= 4 is 23.4 Å². The first kappa shape index (κ1) is 14.4. The van der Waals surface area contributed by atoms with Crippen LogP contribution in [0, 0.1) is 10.1 Å². The van der Waals surface area contributed by atoms with Crippen molar-refractivity contribution in [2.75, 3.05) is 23.7 Å². The van der Waals surface area contributed by atoms with Crippen molar-refractivity contribution in [3.05, 3.63) is 22.2 Å². The van der Waals surface area contributed by atoms with Gasteiger partial charge in [0.05, 0.1) is 11.0 Å². The molecule has 2 atom stereocenters. The molecular weight excluding hydrogens is 290 g/mol. The van der Waals surface area contributed by atoms with E-state index in [2.05, 4.69) is 4.98 Å². The van der Waals surface area contributed by atoms with Crippen LogP contribution in [0.1, 0.15) is 19.3 Å². The molecule has 2 aliphatic rings. The monoisotopic (exact) mass is 307 g/mol. The summed E-state index contributed by atoms with van der Waals surface area (Å²) in [7, 11) is 0. The summed E-state index contributed by atoms with van der Waals surface area (Å²) < 4.78 is 0. The maximum atomic E-state index is 11.4. The Morgan fingerprint density at radius 1 is 1.36 bits per heavy atom. The van der Waals surface area contributed by atoms with Gasteiger partial charge in [0.15, 0.2) is 0 Å². The van der Waals surface area contributed by atoms with Crippen LogP contribution in [-0.4, -0.2) is 51.2 Å². The van der Waals surface area contributed by atoms with Crippen molar-refractivity contribution in [3.63, 3.8) is 0 Å². The number of rotatable bonds is 2. The highest BCUT2D eigenvalue weighted by atomic mass is 16.6. The van der Waals surface area contributed by atoms with Crippen molar-refractivity contribution in [3.8, 4) is 0 Å². The van der Waals surface area contributed by atoms with Gasteiger partial charge in [0, 0.05) is 25.2 Å². The number of nitrogens with zero attached hydrogens (tertiary/aromatic N) is 4. The molecule has 22 heavy (non-hydrogen) atoms. The number of hydrogen-bond acceptors (Lipinski definition) is 6. The van der Waals surface area contributed by atoms with Crippen LogP contribution in [0.2, 0.25) is 0 Å². The van der Waals surface area contributed by atoms with Crippen molar-refractivity contribution < 1.29 is 14.8 Å². The maximum absolute atomic E-state index is 11.4. The van der Waals surface area contributed by atoms with Crippen LogP contribution in [0.3, 0.4) is 0 Å². The zero-order valence-electron chi connectivity index (χ0n) is 11.9. The fourth-order valence-corrected chi connectivity index (χ4v) is 3.38. The zero-order valence-corrected chi connectivity index (χ0v) is 11.9. The number of pyridine rings is 1. The number of nitrogen functional groups attached to an aromatic ring is 1. The Morgan fingerprint density at radius 2 is 2.09 bits per heavy atom. The first-order chi connectivity index (χ1) is 10.5. The van der Waals surface area contributed by atoms with E-state index >= 15 is 0 Å². The standard InChI is InChI=1S/C13H17N5O4/c14-12-10(18(21)22)3-4-11(15-12)16-6-5-8-1-2-9(7-16)17(8)13(19)20/h3-4,8-9H,1-2,5-7H2,(H2,14,15)(H,19,20)/t8-,9+/m1/s1. The van der Waals surface area contributed by atoms with Gasteiger partial charge in [-0.25, -0.2) is 9.78 Å². The van der Waals surface area contributed by atoms with Gasteiger partial charge in [-0.3, -0.25) is 10.1 Å². The Balaban J connectivity index is 1.83. The molecular formula is C13H17N5O4. The van der Waals surface area contributed by atoms with E-state index in [9.17, 15) is 20.0 Å². The third-order valence-corrected chi connectivity index (χ3v) is 4.41. The first-order valence-electron chi connectivity index (χ1n) is 7.14. The van der Waals surface area contributed by atoms with Crippen LogP contribution in [0.15, 0.2) is 12.1 Å². The van der Waals surface area contributed by atoms with Crippen molar-refractivity contribution in [1.82, 2.24) is 9.88 Å². The zero-order chi connectivity index (χ0) is 15.9. The molecule has 2 fully saturated rings. The Bertz CT molecular complexity index is 622. The van der Waals surface area contributed by atoms with Crippen LogP contribution in [-0.2, 0) is 0 Å². The number of nitro groups is 1. The summed E-state index contributed by atoms with van der Waals surface area (Å²) in [4.78, 5) is 29.2. The van der Waals surface area contributed by atoms with E-state index in [0.29, 0.717) is 18.9 Å². The second kappa shape index (κ2) is 5.32. The van der Waals surface area contributed by atoms with E-state index in [4.69, 9.17) is 5.73 Å². The number of carboxylic acid groups (broad SMARTS) is 1. The van der Waals surface area contributed by atoms with Crippen LogP contribution in [0.5, 0.6) is 0 Å². The Hall–Kier alpha value is -2.58. The van der Waals surface area contributed by atoms with Gasteiger partial charge in [-0.1, -0.05) is 0 Å². The third-order valence-electron chi connectivity index (χ3n) is 4.41. The Labute approximate surface area is 126 Å². The highest BCUT2D eigenvalue weighted by Crippen LogP contribution is 2.32. The number of fused-ring (bicyclic) bond motifs is 2. The lowest BCUT2D eigenvalue weighted by Gasteiger charge is -2.27. The largest absolute Gasteiger partial charge is 0.465 e. The predicted octanol–water partition coefficient (Wildman–Crippen LogP) is 1.29. The van der Waals surface area contributed by atoms with E-state index in [1.165, 1.54) is 11.0 Å². The van der Waals surface area contributed by atoms with Crippen molar-refractivity contribution in [1.29, 1.82) is 0 Å². The number of hydrogen-bond donors (Lipinski definition) is 2. The summed E-state index contributed by atoms with van der Waals surface area (Å²) in [5.74, 6) is 0.438. The predicted molar refractivity (Wildman–Crippen MR) is 78.8 cm³/mol. The van der Waals surface area contributed by atoms with Crippen LogP contribution in [0.25, 0.3) is 0 Å². The van der Waals surface area contributed by atoms with E-state index in [1.807, 2.05) is 4.90 Å². The molecule has 9 nitrogen and oxygen atoms in total. The minimum atomic E-state index is -0.884. The number of carbonyl (C=O) groups is 1. The van der Waals surface area contributed by atoms with E-state index < -0.39 is 11.0 Å². The second-order valence-electron chi connectivity index (χ2n) is 5.64. The molecule has 0 aliphatic carbocycles. The van der Waals surface area contributed by atoms with Crippen molar-refractivity contribution in [2.45, 2.75) is 31.3 Å². The smallest absolute Gasteiger partial charge is 0.407 e. The SMILES string of the molecule is Nc1nc(N2CC[C@H]3CC[C@@H](C2)N3C(=O)O)ccc1[N+](=O)[O-]. The highest BCUT2D eigenvalue weighted by molar-refractivity contribution is 5.67. The van der Waals surface area contributed by atoms with Gasteiger partial charge in [0.1, 0.15) is 5.82 Å². The fraction of sp³-hybridized carbons (Fsp3) is 0.538. The molecule has 0 unspecified atom stereocenters. The number of amides is 1. The molecule has 1 amide bonds. The van der Waals surface area contributed by atoms with E-state index in [-0.39, 0.29) is 23.6 Å². The molecule has 0 aromatic carbocycles. The van der Waals surface area contributed by atoms with Gasteiger partial charge in [-0.2, -0.15) is 0 Å². The molecule has 2 bridgehead atoms. The second-order valence-corrected chi connectivity index (χ2v) is 5.64. The van der Waals surface area contributed by atoms with E-state index in [1.54, 1.807) is 6.07 Å². The normalized spacial score (nSPS) is 24.2. The average Bonchev–Trinajstić information content (AvgIpc) is 2.73. The number of nitrogens with two attached hydrogens (primary N) is 1. The average molecular weight is 307 g/mol. The minimum absolute atomic E-state index is 0.0443. The van der Waals surface area contributed by atoms with Gasteiger partial charge >= 0.3 is 11.8 Å². The Kier molecular flexibility index (Phi) is 3.47. The molecule has 2 saturated heterocycles. The third kappa shape index (κ3) is 2.38. The lowest BCUT2D eigenvalue weighted by atomic mass is 10.1. The summed E-state index contributed by atoms with van der Waals surface area (Å²) >= 11 is 0. The molecule has 3 rings (SSSR count). The summed E-state index contributed by atoms with van der Waals surface area (Å²) in [6.07, 6.45) is 1.56. The van der Waals surface area contributed by atoms with Gasteiger partial charge in [0.2, 0.25) is 5.82 Å². The topological polar surface area (TPSA) is 126 Å². The molecule has 118 valence electrons. The van der Waals surface area contributed by atoms with Gasteiger partial charge < -0.3 is 20.6 Å². The molecule has 0 radical (unpaired) electrons. The lowest BCUT2D eigenvalue weighted by molar-refractivity contribution is -0.384. The summed E-state index contributed by atoms with van der Waals surface area (Å²) in [5.41, 5.74) is 5.42. The molecule has 1 aromatic rings. The number of anilines is 2. The van der Waals surface area contributed by atoms with Gasteiger partial charge in [-0.15, -0.1) is 0 Å². The van der Waals surface area contributed by atoms with Crippen LogP contribution in [0.4, 0.5) is 22.1 Å². The lowest BCUT2D eigenvalue weighted by Crippen LogP contribution is -2.42. The maximum Gasteiger partial charge on any atom is 0.407 e. The molecule has 2 aliphatic heterocycles. The van der Waals surface area contributed by atoms with E-state index in [0.717, 1.165) is 19.3 Å². The molecule has 9 heteroatoms. The fourth-order valence-electron chi connectivity index (χ4n) is 3.38. The molecule has 3 N–H and O–H groups in total. The minimum Gasteiger partial charge on any atom is -0.465 e.